The Kier molecular flexibility index (Phi) is 4.20. The quantitative estimate of drug-likeness (QED) is 0.771. The number of nitrogens with one attached hydrogen (secondary N) is 1. The van der Waals surface area contributed by atoms with Crippen LogP contribution < -0.4 is 5.32 Å². The maximum atomic E-state index is 12.4. The lowest BCUT2D eigenvalue weighted by Crippen LogP contribution is -2.31. The van der Waals surface area contributed by atoms with Crippen LogP contribution in [0, 0.1) is 5.92 Å². The van der Waals surface area contributed by atoms with Crippen molar-refractivity contribution in [3.63, 3.8) is 0 Å². The lowest BCUT2D eigenvalue weighted by molar-refractivity contribution is -0.141. The Morgan fingerprint density at radius 2 is 1.92 bits per heavy atom. The number of carbonyl (C=O) groups is 4. The molecule has 126 valence electrons. The van der Waals surface area contributed by atoms with E-state index in [0.29, 0.717) is 18.5 Å². The summed E-state index contributed by atoms with van der Waals surface area (Å²) in [7, 11) is 0. The average molecular weight is 331 g/mol. The highest BCUT2D eigenvalue weighted by atomic mass is 16.4. The molecule has 2 aliphatic rings. The molecule has 2 fully saturated rings. The molecular weight excluding hydrogens is 314 g/mol. The zero-order chi connectivity index (χ0) is 17.3. The van der Waals surface area contributed by atoms with Crippen LogP contribution in [0.5, 0.6) is 0 Å². The van der Waals surface area contributed by atoms with Gasteiger partial charge in [-0.05, 0) is 24.1 Å². The minimum atomic E-state index is -0.880. The number of aliphatic carboxylic acids is 1. The third-order valence-corrected chi connectivity index (χ3v) is 4.30. The van der Waals surface area contributed by atoms with Gasteiger partial charge >= 0.3 is 12.0 Å². The normalized spacial score (nSPS) is 20.4. The van der Waals surface area contributed by atoms with Crippen molar-refractivity contribution in [2.45, 2.75) is 13.0 Å². The average Bonchev–Trinajstić information content (AvgIpc) is 3.18. The molecule has 0 bridgehead atoms. The highest BCUT2D eigenvalue weighted by molar-refractivity contribution is 6.01. The monoisotopic (exact) mass is 331 g/mol. The molecule has 24 heavy (non-hydrogen) atoms. The Hall–Kier alpha value is -2.90. The summed E-state index contributed by atoms with van der Waals surface area (Å²) in [6.45, 7) is 0.817. The zero-order valence-electron chi connectivity index (χ0n) is 12.9. The van der Waals surface area contributed by atoms with E-state index in [2.05, 4.69) is 5.32 Å². The van der Waals surface area contributed by atoms with E-state index in [9.17, 15) is 19.2 Å². The van der Waals surface area contributed by atoms with E-state index in [1.807, 2.05) is 0 Å². The number of carbonyl (C=O) groups excluding carboxylic acids is 3. The van der Waals surface area contributed by atoms with Crippen molar-refractivity contribution in [1.29, 1.82) is 0 Å². The van der Waals surface area contributed by atoms with Crippen LogP contribution in [-0.2, 0) is 16.1 Å². The van der Waals surface area contributed by atoms with E-state index in [1.165, 1.54) is 4.90 Å². The van der Waals surface area contributed by atoms with Crippen molar-refractivity contribution in [1.82, 2.24) is 15.1 Å². The number of benzene rings is 1. The first-order chi connectivity index (χ1) is 11.5. The summed E-state index contributed by atoms with van der Waals surface area (Å²) < 4.78 is 0. The molecule has 1 atom stereocenters. The van der Waals surface area contributed by atoms with Crippen LogP contribution in [0.15, 0.2) is 24.3 Å². The number of rotatable bonds is 4. The van der Waals surface area contributed by atoms with Crippen molar-refractivity contribution in [3.05, 3.63) is 35.4 Å². The van der Waals surface area contributed by atoms with Gasteiger partial charge in [-0.15, -0.1) is 0 Å². The molecule has 0 saturated carbocycles. The van der Waals surface area contributed by atoms with Gasteiger partial charge in [0.05, 0.1) is 19.0 Å². The van der Waals surface area contributed by atoms with E-state index in [0.717, 1.165) is 10.5 Å². The van der Waals surface area contributed by atoms with E-state index < -0.39 is 17.9 Å². The molecule has 1 aromatic rings. The maximum Gasteiger partial charge on any atom is 0.324 e. The molecule has 2 aliphatic heterocycles. The van der Waals surface area contributed by atoms with Crippen LogP contribution in [0.1, 0.15) is 22.3 Å². The summed E-state index contributed by atoms with van der Waals surface area (Å²) in [6.07, 6.45) is 0.464. The summed E-state index contributed by atoms with van der Waals surface area (Å²) in [4.78, 5) is 49.1. The third-order valence-electron chi connectivity index (χ3n) is 4.30. The second-order valence-electron chi connectivity index (χ2n) is 5.91. The molecule has 1 unspecified atom stereocenters. The van der Waals surface area contributed by atoms with Gasteiger partial charge in [0, 0.05) is 18.7 Å². The Morgan fingerprint density at radius 1 is 1.21 bits per heavy atom. The van der Waals surface area contributed by atoms with Crippen molar-refractivity contribution in [3.8, 4) is 0 Å². The standard InChI is InChI=1S/C16H17N3O5/c20-13-7-17-16(24)19(13)8-10-1-3-11(4-2-10)14(21)18-6-5-12(9-18)15(22)23/h1-4,12H,5-9H2,(H,17,24)(H,22,23). The first-order valence-corrected chi connectivity index (χ1v) is 7.65. The molecule has 0 radical (unpaired) electrons. The van der Waals surface area contributed by atoms with Gasteiger partial charge in [-0.1, -0.05) is 12.1 Å². The molecule has 0 aromatic heterocycles. The molecule has 8 nitrogen and oxygen atoms in total. The Balaban J connectivity index is 1.64. The molecule has 2 N–H and O–H groups in total. The Labute approximate surface area is 138 Å². The number of hydrogen-bond donors (Lipinski definition) is 2. The van der Waals surface area contributed by atoms with Crippen molar-refractivity contribution < 1.29 is 24.3 Å². The van der Waals surface area contributed by atoms with Crippen LogP contribution in [0.3, 0.4) is 0 Å². The van der Waals surface area contributed by atoms with Crippen molar-refractivity contribution in [2.24, 2.45) is 5.92 Å². The second-order valence-corrected chi connectivity index (χ2v) is 5.91. The fourth-order valence-corrected chi connectivity index (χ4v) is 2.88. The van der Waals surface area contributed by atoms with E-state index >= 15 is 0 Å². The predicted octanol–water partition coefficient (Wildman–Crippen LogP) is 0.285. The number of amides is 4. The SMILES string of the molecule is O=C(O)C1CCN(C(=O)c2ccc(CN3C(=O)CNC3=O)cc2)C1. The van der Waals surface area contributed by atoms with Gasteiger partial charge in [0.25, 0.3) is 5.91 Å². The van der Waals surface area contributed by atoms with E-state index in [-0.39, 0.29) is 31.4 Å². The van der Waals surface area contributed by atoms with Crippen molar-refractivity contribution in [2.75, 3.05) is 19.6 Å². The molecule has 0 aliphatic carbocycles. The van der Waals surface area contributed by atoms with Crippen molar-refractivity contribution >= 4 is 23.8 Å². The van der Waals surface area contributed by atoms with E-state index in [4.69, 9.17) is 5.11 Å². The summed E-state index contributed by atoms with van der Waals surface area (Å²) in [5, 5.41) is 11.4. The fourth-order valence-electron chi connectivity index (χ4n) is 2.88. The number of hydrogen-bond acceptors (Lipinski definition) is 4. The van der Waals surface area contributed by atoms with Gasteiger partial charge in [-0.2, -0.15) is 0 Å². The molecule has 2 saturated heterocycles. The summed E-state index contributed by atoms with van der Waals surface area (Å²) in [6, 6.07) is 6.22. The van der Waals surface area contributed by atoms with Gasteiger partial charge in [-0.3, -0.25) is 19.3 Å². The van der Waals surface area contributed by atoms with Gasteiger partial charge in [0.15, 0.2) is 0 Å². The van der Waals surface area contributed by atoms with Gasteiger partial charge in [0.2, 0.25) is 5.91 Å². The smallest absolute Gasteiger partial charge is 0.324 e. The minimum Gasteiger partial charge on any atom is -0.481 e. The van der Waals surface area contributed by atoms with Gasteiger partial charge in [-0.25, -0.2) is 4.79 Å². The predicted molar refractivity (Wildman–Crippen MR) is 82.0 cm³/mol. The van der Waals surface area contributed by atoms with Crippen LogP contribution >= 0.6 is 0 Å². The van der Waals surface area contributed by atoms with Crippen LogP contribution in [0.25, 0.3) is 0 Å². The fraction of sp³-hybridized carbons (Fsp3) is 0.375. The van der Waals surface area contributed by atoms with Crippen LogP contribution in [-0.4, -0.2) is 58.4 Å². The first-order valence-electron chi connectivity index (χ1n) is 7.65. The molecule has 3 rings (SSSR count). The molecule has 4 amide bonds. The molecule has 0 spiro atoms. The first kappa shape index (κ1) is 16.0. The number of imide groups is 1. The Bertz CT molecular complexity index is 684. The highest BCUT2D eigenvalue weighted by Gasteiger charge is 2.31. The van der Waals surface area contributed by atoms with Crippen LogP contribution in [0.4, 0.5) is 4.79 Å². The lowest BCUT2D eigenvalue weighted by atomic mass is 10.1. The second kappa shape index (κ2) is 6.31. The highest BCUT2D eigenvalue weighted by Crippen LogP contribution is 2.19. The number of likely N-dealkylation sites (tertiary alicyclic amines) is 1. The number of nitrogens with zero attached hydrogens (tertiary/aromatic N) is 2. The molecular formula is C16H17N3O5. The zero-order valence-corrected chi connectivity index (χ0v) is 12.9. The topological polar surface area (TPSA) is 107 Å². The number of carboxylic acids is 1. The largest absolute Gasteiger partial charge is 0.481 e. The van der Waals surface area contributed by atoms with Gasteiger partial charge < -0.3 is 15.3 Å². The summed E-state index contributed by atoms with van der Waals surface area (Å²) in [5.74, 6) is -1.88. The number of urea groups is 1. The lowest BCUT2D eigenvalue weighted by Gasteiger charge is -2.16. The van der Waals surface area contributed by atoms with Gasteiger partial charge in [0.1, 0.15) is 0 Å². The molecule has 2 heterocycles. The third kappa shape index (κ3) is 3.08. The minimum absolute atomic E-state index is 0.00903. The Morgan fingerprint density at radius 3 is 2.46 bits per heavy atom. The van der Waals surface area contributed by atoms with E-state index in [1.54, 1.807) is 24.3 Å². The van der Waals surface area contributed by atoms with Crippen LogP contribution in [0.2, 0.25) is 0 Å². The summed E-state index contributed by atoms with van der Waals surface area (Å²) >= 11 is 0. The molecule has 8 heteroatoms. The summed E-state index contributed by atoms with van der Waals surface area (Å²) in [5.41, 5.74) is 1.20. The number of carboxylic acid groups (broad SMARTS) is 1. The molecule has 1 aromatic carbocycles. The maximum absolute atomic E-state index is 12.4.